The lowest BCUT2D eigenvalue weighted by molar-refractivity contribution is 0.202. The molecule has 0 radical (unpaired) electrons. The molecule has 1 saturated heterocycles. The number of aromatic amines is 1. The molecule has 0 aliphatic carbocycles. The Morgan fingerprint density at radius 3 is 2.60 bits per heavy atom. The second-order valence-electron chi connectivity index (χ2n) is 7.44. The topological polar surface area (TPSA) is 44.0 Å². The van der Waals surface area contributed by atoms with Crippen molar-refractivity contribution in [1.82, 2.24) is 20.4 Å². The Morgan fingerprint density at radius 2 is 2.10 bits per heavy atom. The molecular formula is C15H29ClN4. The van der Waals surface area contributed by atoms with Crippen molar-refractivity contribution in [3.63, 3.8) is 0 Å². The molecule has 2 rings (SSSR count). The Bertz CT molecular complexity index is 416. The van der Waals surface area contributed by atoms with E-state index in [-0.39, 0.29) is 17.8 Å². The maximum atomic E-state index is 4.43. The van der Waals surface area contributed by atoms with Crippen LogP contribution in [0.4, 0.5) is 0 Å². The van der Waals surface area contributed by atoms with Crippen molar-refractivity contribution >= 4 is 12.4 Å². The van der Waals surface area contributed by atoms with Gasteiger partial charge < -0.3 is 5.32 Å². The minimum absolute atomic E-state index is 0. The first-order valence-electron chi connectivity index (χ1n) is 7.23. The van der Waals surface area contributed by atoms with Crippen molar-refractivity contribution in [1.29, 1.82) is 0 Å². The zero-order chi connectivity index (χ0) is 14.1. The van der Waals surface area contributed by atoms with Crippen LogP contribution in [0.5, 0.6) is 0 Å². The molecule has 2 heterocycles. The van der Waals surface area contributed by atoms with E-state index in [0.29, 0.717) is 5.41 Å². The van der Waals surface area contributed by atoms with Gasteiger partial charge in [-0.15, -0.1) is 12.4 Å². The lowest BCUT2D eigenvalue weighted by atomic mass is 9.89. The van der Waals surface area contributed by atoms with Crippen LogP contribution in [0.25, 0.3) is 0 Å². The Hall–Kier alpha value is -0.580. The molecule has 0 saturated carbocycles. The molecule has 0 amide bonds. The SMILES string of the molecule is CN(Cc1cc(C(C)(C)C)n[nH]1)CC1(C)CCNC1.Cl. The van der Waals surface area contributed by atoms with Gasteiger partial charge in [-0.1, -0.05) is 27.7 Å². The first kappa shape index (κ1) is 17.5. The minimum Gasteiger partial charge on any atom is -0.316 e. The summed E-state index contributed by atoms with van der Waals surface area (Å²) < 4.78 is 0. The summed E-state index contributed by atoms with van der Waals surface area (Å²) in [5.41, 5.74) is 2.89. The standard InChI is InChI=1S/C15H28N4.ClH/c1-14(2,3)13-8-12(17-18-13)9-19(5)11-15(4)6-7-16-10-15;/h8,16H,6-7,9-11H2,1-5H3,(H,17,18);1H. The largest absolute Gasteiger partial charge is 0.316 e. The smallest absolute Gasteiger partial charge is 0.0678 e. The maximum absolute atomic E-state index is 4.43. The van der Waals surface area contributed by atoms with Crippen LogP contribution in [-0.4, -0.2) is 41.8 Å². The molecule has 2 N–H and O–H groups in total. The molecule has 1 aromatic heterocycles. The number of hydrogen-bond acceptors (Lipinski definition) is 3. The minimum atomic E-state index is 0. The Labute approximate surface area is 129 Å². The molecule has 1 fully saturated rings. The molecule has 1 unspecified atom stereocenters. The molecule has 1 aliphatic rings. The van der Waals surface area contributed by atoms with Crippen molar-refractivity contribution in [3.8, 4) is 0 Å². The van der Waals surface area contributed by atoms with Gasteiger partial charge in [0, 0.05) is 30.7 Å². The number of nitrogens with zero attached hydrogens (tertiary/aromatic N) is 2. The molecular weight excluding hydrogens is 272 g/mol. The van der Waals surface area contributed by atoms with Crippen LogP contribution in [0.15, 0.2) is 6.07 Å². The van der Waals surface area contributed by atoms with Crippen LogP contribution in [-0.2, 0) is 12.0 Å². The van der Waals surface area contributed by atoms with Crippen LogP contribution >= 0.6 is 12.4 Å². The van der Waals surface area contributed by atoms with Crippen LogP contribution in [0, 0.1) is 5.41 Å². The summed E-state index contributed by atoms with van der Waals surface area (Å²) in [4.78, 5) is 2.40. The molecule has 0 spiro atoms. The summed E-state index contributed by atoms with van der Waals surface area (Å²) >= 11 is 0. The van der Waals surface area contributed by atoms with Crippen molar-refractivity contribution in [2.45, 2.75) is 46.1 Å². The van der Waals surface area contributed by atoms with Crippen LogP contribution < -0.4 is 5.32 Å². The summed E-state index contributed by atoms with van der Waals surface area (Å²) in [5.74, 6) is 0. The highest BCUT2D eigenvalue weighted by atomic mass is 35.5. The molecule has 0 bridgehead atoms. The fraction of sp³-hybridized carbons (Fsp3) is 0.800. The summed E-state index contributed by atoms with van der Waals surface area (Å²) in [6.45, 7) is 13.3. The van der Waals surface area contributed by atoms with E-state index in [1.165, 1.54) is 12.1 Å². The average Bonchev–Trinajstić information content (AvgIpc) is 2.86. The van der Waals surface area contributed by atoms with Crippen molar-refractivity contribution < 1.29 is 0 Å². The van der Waals surface area contributed by atoms with Crippen LogP contribution in [0.2, 0.25) is 0 Å². The molecule has 1 aliphatic heterocycles. The first-order chi connectivity index (χ1) is 8.78. The van der Waals surface area contributed by atoms with Gasteiger partial charge in [-0.25, -0.2) is 0 Å². The second kappa shape index (κ2) is 6.46. The Kier molecular flexibility index (Phi) is 5.64. The van der Waals surface area contributed by atoms with Crippen molar-refractivity contribution in [2.24, 2.45) is 5.41 Å². The van der Waals surface area contributed by atoms with E-state index in [1.54, 1.807) is 0 Å². The van der Waals surface area contributed by atoms with E-state index in [9.17, 15) is 0 Å². The lowest BCUT2D eigenvalue weighted by Gasteiger charge is -2.28. The Balaban J connectivity index is 0.00000200. The predicted octanol–water partition coefficient (Wildman–Crippen LogP) is 2.56. The van der Waals surface area contributed by atoms with Gasteiger partial charge in [-0.3, -0.25) is 10.00 Å². The normalized spacial score (nSPS) is 23.1. The van der Waals surface area contributed by atoms with Gasteiger partial charge in [0.05, 0.1) is 5.69 Å². The number of aromatic nitrogens is 2. The van der Waals surface area contributed by atoms with E-state index < -0.39 is 0 Å². The highest BCUT2D eigenvalue weighted by Gasteiger charge is 2.29. The highest BCUT2D eigenvalue weighted by Crippen LogP contribution is 2.26. The number of halogens is 1. The molecule has 1 aromatic rings. The van der Waals surface area contributed by atoms with Gasteiger partial charge in [0.2, 0.25) is 0 Å². The third-order valence-electron chi connectivity index (χ3n) is 3.95. The quantitative estimate of drug-likeness (QED) is 0.898. The third-order valence-corrected chi connectivity index (χ3v) is 3.95. The van der Waals surface area contributed by atoms with E-state index in [0.717, 1.165) is 31.9 Å². The van der Waals surface area contributed by atoms with E-state index in [1.807, 2.05) is 0 Å². The van der Waals surface area contributed by atoms with Crippen LogP contribution in [0.1, 0.15) is 45.5 Å². The van der Waals surface area contributed by atoms with Crippen molar-refractivity contribution in [3.05, 3.63) is 17.5 Å². The summed E-state index contributed by atoms with van der Waals surface area (Å²) in [7, 11) is 2.20. The average molecular weight is 301 g/mol. The molecule has 5 heteroatoms. The first-order valence-corrected chi connectivity index (χ1v) is 7.23. The van der Waals surface area contributed by atoms with E-state index >= 15 is 0 Å². The predicted molar refractivity (Wildman–Crippen MR) is 86.5 cm³/mol. The number of hydrogen-bond donors (Lipinski definition) is 2. The summed E-state index contributed by atoms with van der Waals surface area (Å²) in [6, 6.07) is 2.20. The van der Waals surface area contributed by atoms with Gasteiger partial charge >= 0.3 is 0 Å². The molecule has 20 heavy (non-hydrogen) atoms. The molecule has 4 nitrogen and oxygen atoms in total. The fourth-order valence-corrected chi connectivity index (χ4v) is 2.83. The van der Waals surface area contributed by atoms with Gasteiger partial charge in [-0.05, 0) is 31.5 Å². The van der Waals surface area contributed by atoms with Gasteiger partial charge in [0.25, 0.3) is 0 Å². The summed E-state index contributed by atoms with van der Waals surface area (Å²) in [5, 5.41) is 11.1. The fourth-order valence-electron chi connectivity index (χ4n) is 2.83. The van der Waals surface area contributed by atoms with Crippen LogP contribution in [0.3, 0.4) is 0 Å². The van der Waals surface area contributed by atoms with E-state index in [2.05, 4.69) is 61.2 Å². The maximum Gasteiger partial charge on any atom is 0.0678 e. The third kappa shape index (κ3) is 4.47. The van der Waals surface area contributed by atoms with E-state index in [4.69, 9.17) is 0 Å². The molecule has 116 valence electrons. The summed E-state index contributed by atoms with van der Waals surface area (Å²) in [6.07, 6.45) is 1.27. The zero-order valence-electron chi connectivity index (χ0n) is 13.4. The molecule has 0 aromatic carbocycles. The number of H-pyrrole nitrogens is 1. The second-order valence-corrected chi connectivity index (χ2v) is 7.44. The zero-order valence-corrected chi connectivity index (χ0v) is 14.2. The number of nitrogens with one attached hydrogen (secondary N) is 2. The van der Waals surface area contributed by atoms with Gasteiger partial charge in [0.1, 0.15) is 0 Å². The monoisotopic (exact) mass is 300 g/mol. The van der Waals surface area contributed by atoms with Gasteiger partial charge in [0.15, 0.2) is 0 Å². The Morgan fingerprint density at radius 1 is 1.40 bits per heavy atom. The van der Waals surface area contributed by atoms with Crippen molar-refractivity contribution in [2.75, 3.05) is 26.7 Å². The van der Waals surface area contributed by atoms with Gasteiger partial charge in [-0.2, -0.15) is 5.10 Å². The highest BCUT2D eigenvalue weighted by molar-refractivity contribution is 5.85. The molecule has 1 atom stereocenters. The number of rotatable bonds is 4. The lowest BCUT2D eigenvalue weighted by Crippen LogP contribution is -2.34.